The number of carbonyl (C=O) groups is 1. The fourth-order valence-electron chi connectivity index (χ4n) is 3.33. The molecule has 0 amide bonds. The molecule has 1 aliphatic carbocycles. The summed E-state index contributed by atoms with van der Waals surface area (Å²) in [5, 5.41) is 0. The van der Waals surface area contributed by atoms with Gasteiger partial charge in [-0.2, -0.15) is 0 Å². The van der Waals surface area contributed by atoms with E-state index in [0.29, 0.717) is 6.42 Å². The van der Waals surface area contributed by atoms with E-state index in [-0.39, 0.29) is 5.78 Å². The normalized spacial score (nSPS) is 13.2. The summed E-state index contributed by atoms with van der Waals surface area (Å²) in [5.41, 5.74) is 3.71. The molecule has 1 aliphatic rings. The summed E-state index contributed by atoms with van der Waals surface area (Å²) >= 11 is 0. The second kappa shape index (κ2) is 9.11. The van der Waals surface area contributed by atoms with E-state index in [9.17, 15) is 22.1 Å². The van der Waals surface area contributed by atoms with Gasteiger partial charge in [-0.25, -0.2) is 4.42 Å². The lowest BCUT2D eigenvalue weighted by Gasteiger charge is -2.12. The molecular weight excluding hydrogens is 399 g/mol. The van der Waals surface area contributed by atoms with Crippen LogP contribution in [0.2, 0.25) is 0 Å². The third-order valence-electron chi connectivity index (χ3n) is 4.60. The van der Waals surface area contributed by atoms with Gasteiger partial charge in [0.25, 0.3) is 0 Å². The molecule has 0 radical (unpaired) electrons. The summed E-state index contributed by atoms with van der Waals surface area (Å²) < 4.78 is 50.4. The average Bonchev–Trinajstić information content (AvgIpc) is 2.73. The van der Waals surface area contributed by atoms with Crippen molar-refractivity contribution in [3.05, 3.63) is 72.0 Å². The zero-order chi connectivity index (χ0) is 21.7. The van der Waals surface area contributed by atoms with Gasteiger partial charge in [0.2, 0.25) is 0 Å². The molecule has 0 atom stereocenters. The van der Waals surface area contributed by atoms with Crippen molar-refractivity contribution in [1.29, 1.82) is 0 Å². The van der Waals surface area contributed by atoms with Crippen LogP contribution in [0.4, 0.5) is 17.3 Å². The lowest BCUT2D eigenvalue weighted by Crippen LogP contribution is -2.12. The van der Waals surface area contributed by atoms with E-state index in [0.717, 1.165) is 52.4 Å². The quantitative estimate of drug-likeness (QED) is 0.269. The van der Waals surface area contributed by atoms with Crippen LogP contribution >= 0.6 is 0 Å². The third-order valence-corrected chi connectivity index (χ3v) is 4.60. The number of Topliss-reactive ketones (excluding diaryl/α,β-unsaturated/α-hetero) is 1. The first-order valence-corrected chi connectivity index (χ1v) is 9.36. The van der Waals surface area contributed by atoms with E-state index >= 15 is 0 Å². The smallest absolute Gasteiger partial charge is 0.497 e. The lowest BCUT2D eigenvalue weighted by atomic mass is 9.88. The zero-order valence-electron chi connectivity index (χ0n) is 16.2. The Morgan fingerprint density at radius 3 is 2.13 bits per heavy atom. The van der Waals surface area contributed by atoms with Crippen molar-refractivity contribution in [2.24, 2.45) is 0 Å². The summed E-state index contributed by atoms with van der Waals surface area (Å²) in [6, 6.07) is 19.8. The number of carbonyl (C=O) groups excluding carboxylic acids is 1. The Bertz CT molecular complexity index is 1010. The van der Waals surface area contributed by atoms with Gasteiger partial charge in [0, 0.05) is 12.0 Å². The molecule has 2 aromatic carbocycles. The molecule has 0 saturated heterocycles. The third kappa shape index (κ3) is 5.46. The molecule has 1 aromatic heterocycles. The topological polar surface area (TPSA) is 37.6 Å². The van der Waals surface area contributed by atoms with Gasteiger partial charge in [0.1, 0.15) is 11.3 Å². The van der Waals surface area contributed by atoms with Gasteiger partial charge in [-0.1, -0.05) is 30.3 Å². The predicted octanol–water partition coefficient (Wildman–Crippen LogP) is 6.72. The first-order valence-electron chi connectivity index (χ1n) is 9.36. The molecule has 1 heterocycles. The molecule has 156 valence electrons. The largest absolute Gasteiger partial charge is 0.673 e. The summed E-state index contributed by atoms with van der Waals surface area (Å²) in [5.74, 6) is 2.55. The molecule has 0 saturated carbocycles. The van der Waals surface area contributed by atoms with Crippen LogP contribution in [0.25, 0.3) is 22.5 Å². The molecule has 0 aliphatic heterocycles. The maximum absolute atomic E-state index is 12.5. The van der Waals surface area contributed by atoms with E-state index in [1.54, 1.807) is 7.11 Å². The fraction of sp³-hybridized carbons (Fsp3) is 0.182. The first-order chi connectivity index (χ1) is 14.3. The summed E-state index contributed by atoms with van der Waals surface area (Å²) in [4.78, 5) is 12.5. The minimum atomic E-state index is -6.00. The molecule has 0 bridgehead atoms. The Kier molecular flexibility index (Phi) is 6.55. The van der Waals surface area contributed by atoms with Crippen LogP contribution in [0.5, 0.6) is 5.75 Å². The van der Waals surface area contributed by atoms with E-state index in [4.69, 9.17) is 9.15 Å². The minimum absolute atomic E-state index is 0.171. The molecule has 0 spiro atoms. The molecule has 0 fully saturated rings. The summed E-state index contributed by atoms with van der Waals surface area (Å²) in [7, 11) is -4.35. The number of ketones is 1. The van der Waals surface area contributed by atoms with Gasteiger partial charge in [-0.05, 0) is 36.2 Å². The number of fused-ring (bicyclic) bond motifs is 1. The number of rotatable bonds is 3. The number of hydrogen-bond acceptors (Lipinski definition) is 2. The lowest BCUT2D eigenvalue weighted by molar-refractivity contribution is 0.0967. The highest BCUT2D eigenvalue weighted by atomic mass is 19.5. The van der Waals surface area contributed by atoms with E-state index < -0.39 is 7.25 Å². The van der Waals surface area contributed by atoms with Crippen molar-refractivity contribution in [2.45, 2.75) is 19.3 Å². The minimum Gasteiger partial charge on any atom is -0.497 e. The van der Waals surface area contributed by atoms with Crippen molar-refractivity contribution in [1.82, 2.24) is 0 Å². The zero-order valence-corrected chi connectivity index (χ0v) is 16.2. The number of ether oxygens (including phenoxy) is 1. The van der Waals surface area contributed by atoms with Gasteiger partial charge < -0.3 is 22.0 Å². The Morgan fingerprint density at radius 1 is 0.900 bits per heavy atom. The van der Waals surface area contributed by atoms with Crippen molar-refractivity contribution in [3.63, 3.8) is 0 Å². The fourth-order valence-corrected chi connectivity index (χ4v) is 3.33. The van der Waals surface area contributed by atoms with Gasteiger partial charge in [-0.3, -0.25) is 4.79 Å². The predicted molar refractivity (Wildman–Crippen MR) is 108 cm³/mol. The highest BCUT2D eigenvalue weighted by Gasteiger charge is 2.32. The molecular formula is C22H19BF4O3. The Labute approximate surface area is 171 Å². The maximum Gasteiger partial charge on any atom is 0.673 e. The Balaban J connectivity index is 0.000000461. The summed E-state index contributed by atoms with van der Waals surface area (Å²) in [6.07, 6.45) is 2.23. The molecule has 8 heteroatoms. The SMILES string of the molecule is COc1ccc(-c2cc(-c3ccccc3)c3c([o+]2)CCCC3=O)cc1.F[B-](F)(F)F. The van der Waals surface area contributed by atoms with Gasteiger partial charge in [0.15, 0.2) is 5.78 Å². The van der Waals surface area contributed by atoms with Gasteiger partial charge >= 0.3 is 18.8 Å². The van der Waals surface area contributed by atoms with Crippen LogP contribution in [0, 0.1) is 0 Å². The number of benzene rings is 2. The van der Waals surface area contributed by atoms with Crippen molar-refractivity contribution < 1.29 is 31.2 Å². The van der Waals surface area contributed by atoms with Crippen LogP contribution in [-0.2, 0) is 6.42 Å². The highest BCUT2D eigenvalue weighted by Crippen LogP contribution is 2.36. The highest BCUT2D eigenvalue weighted by molar-refractivity contribution is 6.50. The molecule has 0 N–H and O–H groups in total. The van der Waals surface area contributed by atoms with Crippen molar-refractivity contribution in [3.8, 4) is 28.2 Å². The van der Waals surface area contributed by atoms with Crippen LogP contribution in [0.15, 0.2) is 65.1 Å². The van der Waals surface area contributed by atoms with Crippen LogP contribution in [-0.4, -0.2) is 20.1 Å². The van der Waals surface area contributed by atoms with E-state index in [1.165, 1.54) is 0 Å². The standard InChI is InChI=1S/C22H19O3.BF4/c1-24-17-12-10-16(11-13-17)21-14-18(15-6-3-2-4-7-15)22-19(23)8-5-9-20(22)25-21;2-1(3,4)5/h2-4,6-7,10-14H,5,8-9H2,1H3;/q+1;-1. The Hall–Kier alpha value is -3.16. The second-order valence-corrected chi connectivity index (χ2v) is 6.69. The number of hydrogen-bond donors (Lipinski definition) is 0. The number of halogens is 4. The van der Waals surface area contributed by atoms with Gasteiger partial charge in [-0.15, -0.1) is 0 Å². The average molecular weight is 418 g/mol. The maximum atomic E-state index is 12.5. The van der Waals surface area contributed by atoms with Gasteiger partial charge in [0.05, 0.1) is 25.2 Å². The van der Waals surface area contributed by atoms with Crippen LogP contribution in [0.3, 0.4) is 0 Å². The van der Waals surface area contributed by atoms with E-state index in [2.05, 4.69) is 0 Å². The number of methoxy groups -OCH3 is 1. The molecule has 30 heavy (non-hydrogen) atoms. The van der Waals surface area contributed by atoms with E-state index in [1.807, 2.05) is 60.7 Å². The summed E-state index contributed by atoms with van der Waals surface area (Å²) in [6.45, 7) is 0. The monoisotopic (exact) mass is 418 g/mol. The van der Waals surface area contributed by atoms with Crippen LogP contribution < -0.4 is 4.74 Å². The van der Waals surface area contributed by atoms with Crippen molar-refractivity contribution >= 4 is 13.0 Å². The van der Waals surface area contributed by atoms with Crippen molar-refractivity contribution in [2.75, 3.05) is 7.11 Å². The molecule has 3 nitrogen and oxygen atoms in total. The first kappa shape index (κ1) is 21.6. The number of aryl methyl sites for hydroxylation is 1. The second-order valence-electron chi connectivity index (χ2n) is 6.69. The van der Waals surface area contributed by atoms with Crippen LogP contribution in [0.1, 0.15) is 29.0 Å². The molecule has 3 aromatic rings. The molecule has 4 rings (SSSR count). The molecule has 0 unspecified atom stereocenters. The Morgan fingerprint density at radius 2 is 1.53 bits per heavy atom.